The third-order valence-corrected chi connectivity index (χ3v) is 3.24. The van der Waals surface area contributed by atoms with Crippen molar-refractivity contribution >= 4 is 53.8 Å². The number of carboxylic acids is 1. The molecule has 0 bridgehead atoms. The third kappa shape index (κ3) is 3.46. The summed E-state index contributed by atoms with van der Waals surface area (Å²) >= 11 is 9.91. The van der Waals surface area contributed by atoms with E-state index < -0.39 is 12.1 Å². The third-order valence-electron chi connectivity index (χ3n) is 1.61. The second-order valence-electron chi connectivity index (χ2n) is 2.80. The van der Waals surface area contributed by atoms with Crippen LogP contribution in [0.1, 0.15) is 6.92 Å². The number of rotatable bonds is 3. The van der Waals surface area contributed by atoms with Gasteiger partial charge in [0, 0.05) is 4.47 Å². The minimum absolute atomic E-state index is 0.480. The molecule has 0 heterocycles. The van der Waals surface area contributed by atoms with Crippen LogP contribution in [0.2, 0.25) is 0 Å². The van der Waals surface area contributed by atoms with Gasteiger partial charge in [0.15, 0.2) is 6.10 Å². The van der Waals surface area contributed by atoms with Gasteiger partial charge in [0.2, 0.25) is 0 Å². The van der Waals surface area contributed by atoms with Crippen molar-refractivity contribution in [3.8, 4) is 5.75 Å². The van der Waals surface area contributed by atoms with Crippen molar-refractivity contribution < 1.29 is 14.6 Å². The first-order chi connectivity index (χ1) is 6.91. The Morgan fingerprint density at radius 3 is 2.20 bits per heavy atom. The average Bonchev–Trinajstić information content (AvgIpc) is 2.10. The van der Waals surface area contributed by atoms with Gasteiger partial charge in [-0.05, 0) is 50.9 Å². The second kappa shape index (κ2) is 5.32. The number of hydrogen-bond donors (Lipinski definition) is 1. The van der Waals surface area contributed by atoms with Crippen LogP contribution in [0.15, 0.2) is 25.6 Å². The Labute approximate surface area is 112 Å². The molecule has 1 N–H and O–H groups in total. The van der Waals surface area contributed by atoms with E-state index in [1.807, 2.05) is 0 Å². The summed E-state index contributed by atoms with van der Waals surface area (Å²) in [6.45, 7) is 1.48. The summed E-state index contributed by atoms with van der Waals surface area (Å²) in [5.41, 5.74) is 0. The van der Waals surface area contributed by atoms with Crippen LogP contribution in [0.4, 0.5) is 0 Å². The van der Waals surface area contributed by atoms with E-state index in [9.17, 15) is 4.79 Å². The summed E-state index contributed by atoms with van der Waals surface area (Å²) in [4.78, 5) is 10.6. The predicted octanol–water partition coefficient (Wildman–Crippen LogP) is 3.83. The molecule has 0 aliphatic rings. The Morgan fingerprint density at radius 1 is 1.33 bits per heavy atom. The molecule has 0 aromatic heterocycles. The number of halogens is 3. The molecule has 0 spiro atoms. The summed E-state index contributed by atoms with van der Waals surface area (Å²) in [6.07, 6.45) is -0.890. The molecule has 1 atom stereocenters. The number of ether oxygens (including phenoxy) is 1. The Balaban J connectivity index is 3.00. The average molecular weight is 403 g/mol. The molecule has 6 heteroatoms. The van der Waals surface area contributed by atoms with E-state index in [1.165, 1.54) is 6.92 Å². The Bertz CT molecular complexity index is 369. The molecular weight excluding hydrogens is 396 g/mol. The van der Waals surface area contributed by atoms with E-state index in [-0.39, 0.29) is 0 Å². The SMILES string of the molecule is CC(Oc1c(Br)cc(Br)cc1Br)C(=O)O. The van der Waals surface area contributed by atoms with Gasteiger partial charge < -0.3 is 9.84 Å². The molecule has 1 rings (SSSR count). The van der Waals surface area contributed by atoms with E-state index in [2.05, 4.69) is 47.8 Å². The van der Waals surface area contributed by atoms with Crippen LogP contribution in [0.25, 0.3) is 0 Å². The fourth-order valence-corrected chi connectivity index (χ4v) is 3.31. The normalized spacial score (nSPS) is 12.3. The molecule has 0 aliphatic carbocycles. The maximum Gasteiger partial charge on any atom is 0.344 e. The molecule has 0 radical (unpaired) electrons. The number of carbonyl (C=O) groups is 1. The molecule has 82 valence electrons. The van der Waals surface area contributed by atoms with Crippen molar-refractivity contribution in [2.45, 2.75) is 13.0 Å². The first kappa shape index (κ1) is 13.0. The van der Waals surface area contributed by atoms with Crippen LogP contribution < -0.4 is 4.74 Å². The first-order valence-corrected chi connectivity index (χ1v) is 6.33. The molecule has 0 saturated heterocycles. The quantitative estimate of drug-likeness (QED) is 0.835. The highest BCUT2D eigenvalue weighted by molar-refractivity contribution is 9.11. The van der Waals surface area contributed by atoms with Gasteiger partial charge in [-0.25, -0.2) is 4.79 Å². The molecule has 3 nitrogen and oxygen atoms in total. The zero-order valence-corrected chi connectivity index (χ0v) is 12.4. The maximum absolute atomic E-state index is 10.6. The molecule has 1 aromatic rings. The van der Waals surface area contributed by atoms with Gasteiger partial charge in [-0.2, -0.15) is 0 Å². The van der Waals surface area contributed by atoms with E-state index >= 15 is 0 Å². The van der Waals surface area contributed by atoms with Crippen LogP contribution in [0.5, 0.6) is 5.75 Å². The molecule has 0 fully saturated rings. The molecule has 1 unspecified atom stereocenters. The van der Waals surface area contributed by atoms with Crippen molar-refractivity contribution in [3.63, 3.8) is 0 Å². The molecule has 0 saturated carbocycles. The molecule has 0 aliphatic heterocycles. The minimum Gasteiger partial charge on any atom is -0.479 e. The van der Waals surface area contributed by atoms with Gasteiger partial charge in [0.05, 0.1) is 8.95 Å². The van der Waals surface area contributed by atoms with Crippen LogP contribution >= 0.6 is 47.8 Å². The van der Waals surface area contributed by atoms with Crippen LogP contribution in [0, 0.1) is 0 Å². The van der Waals surface area contributed by atoms with Crippen molar-refractivity contribution in [3.05, 3.63) is 25.6 Å². The minimum atomic E-state index is -1.00. The van der Waals surface area contributed by atoms with Gasteiger partial charge in [-0.1, -0.05) is 15.9 Å². The Kier molecular flexibility index (Phi) is 4.61. The number of hydrogen-bond acceptors (Lipinski definition) is 2. The van der Waals surface area contributed by atoms with Crippen molar-refractivity contribution in [2.75, 3.05) is 0 Å². The summed E-state index contributed by atoms with van der Waals surface area (Å²) in [6, 6.07) is 3.57. The van der Waals surface area contributed by atoms with E-state index in [0.29, 0.717) is 14.7 Å². The number of aliphatic carboxylic acids is 1. The monoisotopic (exact) mass is 400 g/mol. The topological polar surface area (TPSA) is 46.5 Å². The second-order valence-corrected chi connectivity index (χ2v) is 5.42. The van der Waals surface area contributed by atoms with E-state index in [1.54, 1.807) is 12.1 Å². The van der Waals surface area contributed by atoms with Gasteiger partial charge in [-0.3, -0.25) is 0 Å². The summed E-state index contributed by atoms with van der Waals surface area (Å²) < 4.78 is 7.53. The summed E-state index contributed by atoms with van der Waals surface area (Å²) in [5, 5.41) is 8.71. The molecule has 0 amide bonds. The van der Waals surface area contributed by atoms with Crippen LogP contribution in [0.3, 0.4) is 0 Å². The summed E-state index contributed by atoms with van der Waals surface area (Å²) in [5.74, 6) is -0.523. The number of benzene rings is 1. The largest absolute Gasteiger partial charge is 0.479 e. The lowest BCUT2D eigenvalue weighted by molar-refractivity contribution is -0.144. The highest BCUT2D eigenvalue weighted by Crippen LogP contribution is 2.36. The lowest BCUT2D eigenvalue weighted by Crippen LogP contribution is -2.23. The predicted molar refractivity (Wildman–Crippen MR) is 67.3 cm³/mol. The molecule has 15 heavy (non-hydrogen) atoms. The van der Waals surface area contributed by atoms with Gasteiger partial charge >= 0.3 is 5.97 Å². The standard InChI is InChI=1S/C9H7Br3O3/c1-4(9(13)14)15-8-6(11)2-5(10)3-7(8)12/h2-4H,1H3,(H,13,14). The lowest BCUT2D eigenvalue weighted by Gasteiger charge is -2.13. The van der Waals surface area contributed by atoms with E-state index in [4.69, 9.17) is 9.84 Å². The van der Waals surface area contributed by atoms with Crippen molar-refractivity contribution in [1.82, 2.24) is 0 Å². The fourth-order valence-electron chi connectivity index (χ4n) is 0.869. The first-order valence-electron chi connectivity index (χ1n) is 3.96. The zero-order chi connectivity index (χ0) is 11.6. The Hall–Kier alpha value is -0.0700. The summed E-state index contributed by atoms with van der Waals surface area (Å²) in [7, 11) is 0. The maximum atomic E-state index is 10.6. The van der Waals surface area contributed by atoms with Crippen molar-refractivity contribution in [1.29, 1.82) is 0 Å². The molecular formula is C9H7Br3O3. The zero-order valence-electron chi connectivity index (χ0n) is 7.63. The fraction of sp³-hybridized carbons (Fsp3) is 0.222. The van der Waals surface area contributed by atoms with E-state index in [0.717, 1.165) is 4.47 Å². The molecule has 1 aromatic carbocycles. The van der Waals surface area contributed by atoms with Gasteiger partial charge in [0.25, 0.3) is 0 Å². The van der Waals surface area contributed by atoms with Gasteiger partial charge in [-0.15, -0.1) is 0 Å². The highest BCUT2D eigenvalue weighted by atomic mass is 79.9. The van der Waals surface area contributed by atoms with Crippen LogP contribution in [-0.2, 0) is 4.79 Å². The Morgan fingerprint density at radius 2 is 1.80 bits per heavy atom. The van der Waals surface area contributed by atoms with Crippen molar-refractivity contribution in [2.24, 2.45) is 0 Å². The number of carboxylic acid groups (broad SMARTS) is 1. The van der Waals surface area contributed by atoms with Crippen LogP contribution in [-0.4, -0.2) is 17.2 Å². The smallest absolute Gasteiger partial charge is 0.344 e. The lowest BCUT2D eigenvalue weighted by atomic mass is 10.3. The highest BCUT2D eigenvalue weighted by Gasteiger charge is 2.16. The van der Waals surface area contributed by atoms with Gasteiger partial charge in [0.1, 0.15) is 5.75 Å².